The smallest absolute Gasteiger partial charge is 0.389 e. The largest absolute Gasteiger partial charge is 0.416 e. The zero-order chi connectivity index (χ0) is 24.7. The average Bonchev–Trinajstić information content (AvgIpc) is 3.04. The first kappa shape index (κ1) is 23.9. The Hall–Kier alpha value is -3.26. The fourth-order valence-corrected chi connectivity index (χ4v) is 5.32. The molecule has 0 spiro atoms. The number of pyridine rings is 1. The van der Waals surface area contributed by atoms with Crippen LogP contribution < -0.4 is 10.9 Å². The second-order valence-electron chi connectivity index (χ2n) is 7.73. The second kappa shape index (κ2) is 8.83. The predicted octanol–water partition coefficient (Wildman–Crippen LogP) is 2.54. The molecule has 2 atom stereocenters. The average molecular weight is 496 g/mol. The summed E-state index contributed by atoms with van der Waals surface area (Å²) in [4.78, 5) is 29.9. The molecule has 0 aliphatic carbocycles. The van der Waals surface area contributed by atoms with Crippen molar-refractivity contribution in [1.29, 1.82) is 0 Å². The quantitative estimate of drug-likeness (QED) is 0.436. The van der Waals surface area contributed by atoms with Crippen molar-refractivity contribution < 1.29 is 32.2 Å². The summed E-state index contributed by atoms with van der Waals surface area (Å²) in [7, 11) is -3.06. The maximum Gasteiger partial charge on any atom is 0.416 e. The Labute approximate surface area is 192 Å². The fourth-order valence-electron chi connectivity index (χ4n) is 3.52. The van der Waals surface area contributed by atoms with Crippen LogP contribution in [0.4, 0.5) is 13.2 Å². The number of aliphatic hydroxyl groups is 1. The van der Waals surface area contributed by atoms with Gasteiger partial charge in [0.05, 0.1) is 46.8 Å². The predicted molar refractivity (Wildman–Crippen MR) is 118 cm³/mol. The Morgan fingerprint density at radius 1 is 1.15 bits per heavy atom. The van der Waals surface area contributed by atoms with Crippen LogP contribution in [0, 0.1) is 0 Å². The number of hydrogen-bond donors (Lipinski definition) is 4. The standard InChI is InChI=1S/C21H19F3N4O5S/c22-21(23,24)13-5-3-12(4-6-13)16-8-15(19(30)26-17-10-34(32,33)11-18(17)29)20(31)28(27-16)14-2-1-7-25-9-14/h1-9,17-18,29,32-33H,10-11H2,(H,26,30)/t17-,18+/m0/s1. The number of aromatic nitrogens is 3. The van der Waals surface area contributed by atoms with Crippen LogP contribution in [-0.2, 0) is 6.18 Å². The van der Waals surface area contributed by atoms with E-state index in [2.05, 4.69) is 15.4 Å². The van der Waals surface area contributed by atoms with Crippen LogP contribution in [0.5, 0.6) is 0 Å². The number of aliphatic hydroxyl groups excluding tert-OH is 1. The maximum absolute atomic E-state index is 13.1. The van der Waals surface area contributed by atoms with Crippen molar-refractivity contribution in [1.82, 2.24) is 20.1 Å². The second-order valence-corrected chi connectivity index (χ2v) is 10.0. The van der Waals surface area contributed by atoms with Gasteiger partial charge in [0.2, 0.25) is 0 Å². The highest BCUT2D eigenvalue weighted by molar-refractivity contribution is 8.24. The van der Waals surface area contributed by atoms with Gasteiger partial charge in [-0.1, -0.05) is 12.1 Å². The van der Waals surface area contributed by atoms with E-state index in [4.69, 9.17) is 0 Å². The van der Waals surface area contributed by atoms with Crippen molar-refractivity contribution in [2.24, 2.45) is 0 Å². The van der Waals surface area contributed by atoms with E-state index in [1.165, 1.54) is 36.7 Å². The number of nitrogens with zero attached hydrogens (tertiary/aromatic N) is 3. The van der Waals surface area contributed by atoms with Crippen molar-refractivity contribution in [3.63, 3.8) is 0 Å². The number of hydrogen-bond acceptors (Lipinski definition) is 7. The molecule has 4 rings (SSSR count). The fraction of sp³-hybridized carbons (Fsp3) is 0.238. The van der Waals surface area contributed by atoms with Crippen LogP contribution in [0.3, 0.4) is 0 Å². The van der Waals surface area contributed by atoms with Gasteiger partial charge >= 0.3 is 6.18 Å². The molecule has 0 saturated carbocycles. The molecule has 3 aromatic rings. The lowest BCUT2D eigenvalue weighted by atomic mass is 10.1. The highest BCUT2D eigenvalue weighted by Gasteiger charge is 2.38. The lowest BCUT2D eigenvalue weighted by Crippen LogP contribution is -2.44. The van der Waals surface area contributed by atoms with Gasteiger partial charge in [0.25, 0.3) is 11.5 Å². The van der Waals surface area contributed by atoms with E-state index in [1.54, 1.807) is 0 Å². The number of alkyl halides is 3. The molecule has 3 heterocycles. The van der Waals surface area contributed by atoms with Gasteiger partial charge in [0.15, 0.2) is 0 Å². The van der Waals surface area contributed by atoms with E-state index in [-0.39, 0.29) is 28.5 Å². The van der Waals surface area contributed by atoms with Gasteiger partial charge in [0.1, 0.15) is 5.56 Å². The summed E-state index contributed by atoms with van der Waals surface area (Å²) in [6, 6.07) is 7.23. The van der Waals surface area contributed by atoms with Gasteiger partial charge in [-0.05, 0) is 30.3 Å². The van der Waals surface area contributed by atoms with Crippen molar-refractivity contribution in [3.8, 4) is 16.9 Å². The SMILES string of the molecule is O=C(N[C@H]1CS(O)(O)C[C@H]1O)c1cc(-c2ccc(C(F)(F)F)cc2)nn(-c2cccnc2)c1=O. The van der Waals surface area contributed by atoms with Gasteiger partial charge in [-0.25, -0.2) is 0 Å². The topological polar surface area (TPSA) is 138 Å². The minimum atomic E-state index is -4.54. The molecule has 1 amide bonds. The highest BCUT2D eigenvalue weighted by Crippen LogP contribution is 2.45. The Bertz CT molecular complexity index is 1270. The summed E-state index contributed by atoms with van der Waals surface area (Å²) in [6.45, 7) is 0. The van der Waals surface area contributed by atoms with Gasteiger partial charge in [-0.3, -0.25) is 23.7 Å². The van der Waals surface area contributed by atoms with Crippen molar-refractivity contribution in [2.75, 3.05) is 11.5 Å². The highest BCUT2D eigenvalue weighted by atomic mass is 32.3. The lowest BCUT2D eigenvalue weighted by molar-refractivity contribution is -0.137. The number of benzene rings is 1. The molecule has 0 radical (unpaired) electrons. The molecule has 180 valence electrons. The third-order valence-corrected chi connectivity index (χ3v) is 6.99. The summed E-state index contributed by atoms with van der Waals surface area (Å²) in [5, 5.41) is 16.7. The number of nitrogens with one attached hydrogen (secondary N) is 1. The molecule has 1 aliphatic heterocycles. The van der Waals surface area contributed by atoms with Gasteiger partial charge in [-0.2, -0.15) is 33.5 Å². The molecule has 4 N–H and O–H groups in total. The number of rotatable bonds is 4. The molecular weight excluding hydrogens is 477 g/mol. The molecule has 0 bridgehead atoms. The van der Waals surface area contributed by atoms with E-state index in [0.717, 1.165) is 22.9 Å². The van der Waals surface area contributed by atoms with Crippen LogP contribution in [0.15, 0.2) is 59.7 Å². The number of halogens is 3. The van der Waals surface area contributed by atoms with E-state index >= 15 is 0 Å². The molecule has 13 heteroatoms. The van der Waals surface area contributed by atoms with Crippen LogP contribution in [0.25, 0.3) is 16.9 Å². The van der Waals surface area contributed by atoms with Gasteiger partial charge in [-0.15, -0.1) is 0 Å². The van der Waals surface area contributed by atoms with Crippen LogP contribution in [-0.4, -0.2) is 58.5 Å². The van der Waals surface area contributed by atoms with Gasteiger partial charge < -0.3 is 10.4 Å². The lowest BCUT2D eigenvalue weighted by Gasteiger charge is -2.25. The molecule has 1 saturated heterocycles. The Balaban J connectivity index is 1.77. The minimum absolute atomic E-state index is 0.0404. The molecular formula is C21H19F3N4O5S. The molecule has 1 aliphatic rings. The first-order chi connectivity index (χ1) is 15.9. The molecule has 0 unspecified atom stereocenters. The molecule has 34 heavy (non-hydrogen) atoms. The third kappa shape index (κ3) is 4.97. The Kier molecular flexibility index (Phi) is 6.20. The molecule has 9 nitrogen and oxygen atoms in total. The van der Waals surface area contributed by atoms with Crippen LogP contribution >= 0.6 is 10.6 Å². The monoisotopic (exact) mass is 496 g/mol. The summed E-state index contributed by atoms with van der Waals surface area (Å²) < 4.78 is 59.3. The first-order valence-electron chi connectivity index (χ1n) is 9.89. The van der Waals surface area contributed by atoms with Crippen molar-refractivity contribution in [2.45, 2.75) is 18.3 Å². The Morgan fingerprint density at radius 2 is 1.85 bits per heavy atom. The van der Waals surface area contributed by atoms with E-state index < -0.39 is 51.5 Å². The van der Waals surface area contributed by atoms with Crippen LogP contribution in [0.2, 0.25) is 0 Å². The van der Waals surface area contributed by atoms with Gasteiger partial charge in [0, 0.05) is 11.8 Å². The van der Waals surface area contributed by atoms with E-state index in [1.807, 2.05) is 0 Å². The molecule has 1 aromatic carbocycles. The van der Waals surface area contributed by atoms with E-state index in [9.17, 15) is 37.0 Å². The zero-order valence-electron chi connectivity index (χ0n) is 17.3. The van der Waals surface area contributed by atoms with Crippen molar-refractivity contribution >= 4 is 16.5 Å². The zero-order valence-corrected chi connectivity index (χ0v) is 18.1. The summed E-state index contributed by atoms with van der Waals surface area (Å²) in [5.41, 5.74) is -1.63. The summed E-state index contributed by atoms with van der Waals surface area (Å²) >= 11 is 0. The minimum Gasteiger partial charge on any atom is -0.389 e. The third-order valence-electron chi connectivity index (χ3n) is 5.22. The summed E-state index contributed by atoms with van der Waals surface area (Å²) in [6.07, 6.45) is -2.97. The number of amides is 1. The normalized spacial score (nSPS) is 20.6. The molecule has 1 fully saturated rings. The van der Waals surface area contributed by atoms with Crippen molar-refractivity contribution in [3.05, 3.63) is 76.3 Å². The number of carbonyl (C=O) groups is 1. The number of carbonyl (C=O) groups excluding carboxylic acids is 1. The van der Waals surface area contributed by atoms with E-state index in [0.29, 0.717) is 0 Å². The maximum atomic E-state index is 13.1. The molecule has 2 aromatic heterocycles. The van der Waals surface area contributed by atoms with Crippen LogP contribution in [0.1, 0.15) is 15.9 Å². The summed E-state index contributed by atoms with van der Waals surface area (Å²) in [5.74, 6) is -1.47. The Morgan fingerprint density at radius 3 is 2.41 bits per heavy atom. The first-order valence-corrected chi connectivity index (χ1v) is 11.8.